The van der Waals surface area contributed by atoms with E-state index in [4.69, 9.17) is 0 Å². The molecule has 0 spiro atoms. The van der Waals surface area contributed by atoms with Crippen LogP contribution in [-0.2, 0) is 11.3 Å². The van der Waals surface area contributed by atoms with E-state index in [1.165, 1.54) is 25.7 Å². The number of nitrogens with one attached hydrogen (secondary N) is 2. The van der Waals surface area contributed by atoms with E-state index in [2.05, 4.69) is 15.6 Å². The third kappa shape index (κ3) is 4.19. The summed E-state index contributed by atoms with van der Waals surface area (Å²) in [6, 6.07) is 0.550. The molecular weight excluding hydrogens is 216 g/mol. The van der Waals surface area contributed by atoms with Gasteiger partial charge >= 0.3 is 0 Å². The minimum absolute atomic E-state index is 0.0806. The van der Waals surface area contributed by atoms with Gasteiger partial charge in [-0.2, -0.15) is 0 Å². The lowest BCUT2D eigenvalue weighted by atomic mass is 10.2. The molecule has 0 atom stereocenters. The van der Waals surface area contributed by atoms with Crippen molar-refractivity contribution in [3.8, 4) is 0 Å². The zero-order chi connectivity index (χ0) is 11.9. The van der Waals surface area contributed by atoms with Crippen LogP contribution >= 0.6 is 0 Å². The molecule has 2 N–H and O–H groups in total. The smallest absolute Gasteiger partial charge is 0.234 e. The molecule has 1 fully saturated rings. The highest BCUT2D eigenvalue weighted by Crippen LogP contribution is 2.17. The summed E-state index contributed by atoms with van der Waals surface area (Å²) in [5.41, 5.74) is 0. The van der Waals surface area contributed by atoms with E-state index in [-0.39, 0.29) is 5.91 Å². The third-order valence-electron chi connectivity index (χ3n) is 3.16. The fourth-order valence-electron chi connectivity index (χ4n) is 2.17. The van der Waals surface area contributed by atoms with Gasteiger partial charge in [0, 0.05) is 31.5 Å². The number of aromatic nitrogens is 2. The van der Waals surface area contributed by atoms with E-state index >= 15 is 0 Å². The Labute approximate surface area is 102 Å². The summed E-state index contributed by atoms with van der Waals surface area (Å²) in [4.78, 5) is 15.5. The predicted octanol–water partition coefficient (Wildman–Crippen LogP) is 0.531. The third-order valence-corrected chi connectivity index (χ3v) is 3.16. The number of hydrogen-bond acceptors (Lipinski definition) is 3. The molecule has 0 aromatic carbocycles. The zero-order valence-electron chi connectivity index (χ0n) is 10.1. The summed E-state index contributed by atoms with van der Waals surface area (Å²) in [5, 5.41) is 6.19. The zero-order valence-corrected chi connectivity index (χ0v) is 10.1. The number of amides is 1. The average molecular weight is 236 g/mol. The second kappa shape index (κ2) is 6.39. The Bertz CT molecular complexity index is 330. The maximum Gasteiger partial charge on any atom is 0.234 e. The monoisotopic (exact) mass is 236 g/mol. The van der Waals surface area contributed by atoms with Gasteiger partial charge in [-0.05, 0) is 12.8 Å². The number of rotatable bonds is 6. The van der Waals surface area contributed by atoms with Crippen LogP contribution in [0.25, 0.3) is 0 Å². The Morgan fingerprint density at radius 1 is 1.41 bits per heavy atom. The van der Waals surface area contributed by atoms with Gasteiger partial charge in [-0.25, -0.2) is 4.98 Å². The van der Waals surface area contributed by atoms with E-state index < -0.39 is 0 Å². The van der Waals surface area contributed by atoms with Crippen LogP contribution in [0.15, 0.2) is 18.7 Å². The van der Waals surface area contributed by atoms with Gasteiger partial charge in [-0.1, -0.05) is 12.8 Å². The first-order valence-electron chi connectivity index (χ1n) is 6.30. The summed E-state index contributed by atoms with van der Waals surface area (Å²) in [6.07, 6.45) is 10.4. The number of hydrogen-bond donors (Lipinski definition) is 2. The van der Waals surface area contributed by atoms with Crippen molar-refractivity contribution in [2.24, 2.45) is 0 Å². The largest absolute Gasteiger partial charge is 0.353 e. The molecule has 1 aromatic rings. The number of imidazole rings is 1. The highest BCUT2D eigenvalue weighted by Gasteiger charge is 2.14. The van der Waals surface area contributed by atoms with Crippen LogP contribution in [0, 0.1) is 0 Å². The Morgan fingerprint density at radius 3 is 2.94 bits per heavy atom. The molecule has 17 heavy (non-hydrogen) atoms. The summed E-state index contributed by atoms with van der Waals surface area (Å²) >= 11 is 0. The maximum atomic E-state index is 11.5. The van der Waals surface area contributed by atoms with Gasteiger partial charge in [0.1, 0.15) is 0 Å². The molecule has 5 nitrogen and oxygen atoms in total. The van der Waals surface area contributed by atoms with Crippen molar-refractivity contribution in [3.63, 3.8) is 0 Å². The lowest BCUT2D eigenvalue weighted by Gasteiger charge is -2.11. The molecule has 1 aliphatic carbocycles. The van der Waals surface area contributed by atoms with Crippen LogP contribution in [0.5, 0.6) is 0 Å². The first-order chi connectivity index (χ1) is 8.34. The Balaban J connectivity index is 1.54. The minimum Gasteiger partial charge on any atom is -0.353 e. The van der Waals surface area contributed by atoms with E-state index in [9.17, 15) is 4.79 Å². The quantitative estimate of drug-likeness (QED) is 0.757. The Hall–Kier alpha value is -1.36. The van der Waals surface area contributed by atoms with E-state index in [1.54, 1.807) is 12.5 Å². The molecule has 1 saturated carbocycles. The summed E-state index contributed by atoms with van der Waals surface area (Å²) in [5.74, 6) is 0.0806. The molecule has 0 aliphatic heterocycles. The maximum absolute atomic E-state index is 11.5. The van der Waals surface area contributed by atoms with Gasteiger partial charge in [0.05, 0.1) is 12.9 Å². The van der Waals surface area contributed by atoms with Crippen molar-refractivity contribution in [1.29, 1.82) is 0 Å². The second-order valence-electron chi connectivity index (χ2n) is 4.51. The van der Waals surface area contributed by atoms with Crippen LogP contribution < -0.4 is 10.6 Å². The van der Waals surface area contributed by atoms with Crippen LogP contribution in [0.2, 0.25) is 0 Å². The Kier molecular flexibility index (Phi) is 4.55. The predicted molar refractivity (Wildman–Crippen MR) is 65.5 cm³/mol. The van der Waals surface area contributed by atoms with Gasteiger partial charge in [0.25, 0.3) is 0 Å². The standard InChI is InChI=1S/C12H20N4O/c17-12(9-15-11-3-1-2-4-11)14-6-8-16-7-5-13-10-16/h5,7,10-11,15H,1-4,6,8-9H2,(H,14,17). The molecule has 1 amide bonds. The molecule has 1 heterocycles. The molecular formula is C12H20N4O. The topological polar surface area (TPSA) is 59.0 Å². The number of carbonyl (C=O) groups is 1. The molecule has 1 aliphatic rings. The van der Waals surface area contributed by atoms with E-state index in [1.807, 2.05) is 10.8 Å². The van der Waals surface area contributed by atoms with E-state index in [0.717, 1.165) is 6.54 Å². The van der Waals surface area contributed by atoms with Gasteiger partial charge < -0.3 is 15.2 Å². The van der Waals surface area contributed by atoms with Gasteiger partial charge in [-0.15, -0.1) is 0 Å². The highest BCUT2D eigenvalue weighted by atomic mass is 16.1. The molecule has 5 heteroatoms. The van der Waals surface area contributed by atoms with Crippen LogP contribution in [0.4, 0.5) is 0 Å². The highest BCUT2D eigenvalue weighted by molar-refractivity contribution is 5.77. The van der Waals surface area contributed by atoms with Crippen molar-refractivity contribution in [2.45, 2.75) is 38.3 Å². The van der Waals surface area contributed by atoms with Crippen molar-refractivity contribution in [3.05, 3.63) is 18.7 Å². The molecule has 94 valence electrons. The number of nitrogens with zero attached hydrogens (tertiary/aromatic N) is 2. The normalized spacial score (nSPS) is 16.2. The van der Waals surface area contributed by atoms with Gasteiger partial charge in [-0.3, -0.25) is 4.79 Å². The van der Waals surface area contributed by atoms with Crippen LogP contribution in [0.1, 0.15) is 25.7 Å². The van der Waals surface area contributed by atoms with Crippen molar-refractivity contribution in [2.75, 3.05) is 13.1 Å². The average Bonchev–Trinajstić information content (AvgIpc) is 2.99. The molecule has 0 saturated heterocycles. The number of carbonyl (C=O) groups excluding carboxylic acids is 1. The Morgan fingerprint density at radius 2 is 2.24 bits per heavy atom. The lowest BCUT2D eigenvalue weighted by molar-refractivity contribution is -0.120. The fraction of sp³-hybridized carbons (Fsp3) is 0.667. The van der Waals surface area contributed by atoms with Crippen molar-refractivity contribution in [1.82, 2.24) is 20.2 Å². The summed E-state index contributed by atoms with van der Waals surface area (Å²) < 4.78 is 1.95. The lowest BCUT2D eigenvalue weighted by Crippen LogP contribution is -2.39. The molecule has 0 bridgehead atoms. The second-order valence-corrected chi connectivity index (χ2v) is 4.51. The van der Waals surface area contributed by atoms with Gasteiger partial charge in [0.15, 0.2) is 0 Å². The van der Waals surface area contributed by atoms with Crippen LogP contribution in [-0.4, -0.2) is 34.6 Å². The first-order valence-corrected chi connectivity index (χ1v) is 6.30. The van der Waals surface area contributed by atoms with Crippen molar-refractivity contribution >= 4 is 5.91 Å². The van der Waals surface area contributed by atoms with E-state index in [0.29, 0.717) is 19.1 Å². The minimum atomic E-state index is 0.0806. The molecule has 2 rings (SSSR count). The van der Waals surface area contributed by atoms with Crippen LogP contribution in [0.3, 0.4) is 0 Å². The summed E-state index contributed by atoms with van der Waals surface area (Å²) in [6.45, 7) is 1.87. The SMILES string of the molecule is O=C(CNC1CCCC1)NCCn1ccnc1. The summed E-state index contributed by atoms with van der Waals surface area (Å²) in [7, 11) is 0. The molecule has 0 unspecified atom stereocenters. The molecule has 1 aromatic heterocycles. The fourth-order valence-corrected chi connectivity index (χ4v) is 2.17. The first kappa shape index (κ1) is 12.1. The molecule has 0 radical (unpaired) electrons. The van der Waals surface area contributed by atoms with Crippen molar-refractivity contribution < 1.29 is 4.79 Å². The van der Waals surface area contributed by atoms with Gasteiger partial charge in [0.2, 0.25) is 5.91 Å².